The topological polar surface area (TPSA) is 83.4 Å². The number of rotatable bonds is 4. The standard InChI is InChI=1S/C22H23N3O3/c1-15(21(26)25-18-8-4-3-7-16(18)14-23)24-17-9-10-19-20(13-17)28-22(27-19)11-5-2-6-12-22/h3-4,7-10,13,15,24H,2,5-6,11-12H2,1H3,(H,25,26)/t15-/m1/s1. The Morgan fingerprint density at radius 2 is 1.86 bits per heavy atom. The maximum absolute atomic E-state index is 12.5. The van der Waals surface area contributed by atoms with E-state index < -0.39 is 11.8 Å². The van der Waals surface area contributed by atoms with E-state index in [1.54, 1.807) is 31.2 Å². The summed E-state index contributed by atoms with van der Waals surface area (Å²) in [6, 6.07) is 14.2. The van der Waals surface area contributed by atoms with Gasteiger partial charge in [0, 0.05) is 24.6 Å². The highest BCUT2D eigenvalue weighted by Crippen LogP contribution is 2.46. The van der Waals surface area contributed by atoms with E-state index in [2.05, 4.69) is 16.7 Å². The van der Waals surface area contributed by atoms with Gasteiger partial charge in [-0.05, 0) is 44.0 Å². The van der Waals surface area contributed by atoms with Gasteiger partial charge in [0.15, 0.2) is 11.5 Å². The Morgan fingerprint density at radius 3 is 2.64 bits per heavy atom. The van der Waals surface area contributed by atoms with Gasteiger partial charge in [0.25, 0.3) is 5.79 Å². The number of nitriles is 1. The van der Waals surface area contributed by atoms with Crippen molar-refractivity contribution in [3.8, 4) is 17.6 Å². The molecule has 1 aliphatic carbocycles. The summed E-state index contributed by atoms with van der Waals surface area (Å²) >= 11 is 0. The van der Waals surface area contributed by atoms with E-state index in [0.717, 1.165) is 37.1 Å². The highest BCUT2D eigenvalue weighted by atomic mass is 16.7. The van der Waals surface area contributed by atoms with Crippen molar-refractivity contribution < 1.29 is 14.3 Å². The molecule has 1 fully saturated rings. The Hall–Kier alpha value is -3.20. The Labute approximate surface area is 164 Å². The van der Waals surface area contributed by atoms with Gasteiger partial charge in [-0.25, -0.2) is 0 Å². The Morgan fingerprint density at radius 1 is 1.11 bits per heavy atom. The zero-order valence-electron chi connectivity index (χ0n) is 15.8. The molecule has 6 nitrogen and oxygen atoms in total. The molecule has 1 aliphatic heterocycles. The van der Waals surface area contributed by atoms with Crippen molar-refractivity contribution in [2.45, 2.75) is 50.9 Å². The molecule has 1 spiro atoms. The first-order chi connectivity index (χ1) is 13.6. The first-order valence-electron chi connectivity index (χ1n) is 9.67. The number of para-hydroxylation sites is 1. The molecule has 6 heteroatoms. The van der Waals surface area contributed by atoms with Crippen molar-refractivity contribution in [3.63, 3.8) is 0 Å². The first-order valence-corrected chi connectivity index (χ1v) is 9.67. The summed E-state index contributed by atoms with van der Waals surface area (Å²) in [5.41, 5.74) is 1.73. The minimum absolute atomic E-state index is 0.218. The fourth-order valence-corrected chi connectivity index (χ4v) is 3.72. The van der Waals surface area contributed by atoms with Gasteiger partial charge in [0.2, 0.25) is 5.91 Å². The monoisotopic (exact) mass is 377 g/mol. The second kappa shape index (κ2) is 7.43. The zero-order chi connectivity index (χ0) is 19.6. The molecule has 144 valence electrons. The van der Waals surface area contributed by atoms with Crippen molar-refractivity contribution in [2.24, 2.45) is 0 Å². The second-order valence-corrected chi connectivity index (χ2v) is 7.35. The summed E-state index contributed by atoms with van der Waals surface area (Å²) in [6.07, 6.45) is 5.25. The summed E-state index contributed by atoms with van der Waals surface area (Å²) in [5, 5.41) is 15.1. The van der Waals surface area contributed by atoms with Gasteiger partial charge in [-0.3, -0.25) is 4.79 Å². The van der Waals surface area contributed by atoms with Gasteiger partial charge in [-0.15, -0.1) is 0 Å². The molecule has 4 rings (SSSR count). The quantitative estimate of drug-likeness (QED) is 0.824. The smallest absolute Gasteiger partial charge is 0.251 e. The van der Waals surface area contributed by atoms with Crippen LogP contribution in [0.4, 0.5) is 11.4 Å². The summed E-state index contributed by atoms with van der Waals surface area (Å²) in [7, 11) is 0. The fraction of sp³-hybridized carbons (Fsp3) is 0.364. The maximum atomic E-state index is 12.5. The molecule has 1 saturated carbocycles. The summed E-state index contributed by atoms with van der Waals surface area (Å²) in [5.74, 6) is 0.745. The average molecular weight is 377 g/mol. The van der Waals surface area contributed by atoms with Gasteiger partial charge < -0.3 is 20.1 Å². The number of benzene rings is 2. The van der Waals surface area contributed by atoms with Crippen LogP contribution in [0, 0.1) is 11.3 Å². The van der Waals surface area contributed by atoms with E-state index in [4.69, 9.17) is 14.7 Å². The molecule has 2 aromatic rings. The summed E-state index contributed by atoms with van der Waals surface area (Å²) in [4.78, 5) is 12.5. The first kappa shape index (κ1) is 18.2. The number of ether oxygens (including phenoxy) is 2. The highest BCUT2D eigenvalue weighted by molar-refractivity contribution is 5.97. The second-order valence-electron chi connectivity index (χ2n) is 7.35. The minimum Gasteiger partial charge on any atom is -0.448 e. The molecule has 0 radical (unpaired) electrons. The van der Waals surface area contributed by atoms with Crippen LogP contribution in [-0.2, 0) is 4.79 Å². The van der Waals surface area contributed by atoms with Crippen LogP contribution in [0.3, 0.4) is 0 Å². The number of carbonyl (C=O) groups excluding carboxylic acids is 1. The highest BCUT2D eigenvalue weighted by Gasteiger charge is 2.42. The van der Waals surface area contributed by atoms with E-state index in [1.807, 2.05) is 18.2 Å². The molecule has 0 saturated heterocycles. The molecule has 0 bridgehead atoms. The van der Waals surface area contributed by atoms with Crippen molar-refractivity contribution >= 4 is 17.3 Å². The van der Waals surface area contributed by atoms with Gasteiger partial charge in [-0.1, -0.05) is 18.6 Å². The largest absolute Gasteiger partial charge is 0.448 e. The van der Waals surface area contributed by atoms with Gasteiger partial charge in [-0.2, -0.15) is 5.26 Å². The van der Waals surface area contributed by atoms with Crippen LogP contribution in [0.5, 0.6) is 11.5 Å². The van der Waals surface area contributed by atoms with Crippen LogP contribution in [0.1, 0.15) is 44.6 Å². The van der Waals surface area contributed by atoms with E-state index in [0.29, 0.717) is 17.0 Å². The summed E-state index contributed by atoms with van der Waals surface area (Å²) < 4.78 is 12.2. The molecule has 28 heavy (non-hydrogen) atoms. The third kappa shape index (κ3) is 3.61. The molecule has 2 aromatic carbocycles. The minimum atomic E-state index is -0.511. The van der Waals surface area contributed by atoms with Crippen molar-refractivity contribution in [3.05, 3.63) is 48.0 Å². The lowest BCUT2D eigenvalue weighted by molar-refractivity contribution is -0.116. The zero-order valence-corrected chi connectivity index (χ0v) is 15.8. The van der Waals surface area contributed by atoms with Gasteiger partial charge >= 0.3 is 0 Å². The van der Waals surface area contributed by atoms with Crippen LogP contribution in [-0.4, -0.2) is 17.7 Å². The predicted molar refractivity (Wildman–Crippen MR) is 106 cm³/mol. The molecular formula is C22H23N3O3. The molecule has 0 aromatic heterocycles. The molecule has 1 heterocycles. The van der Waals surface area contributed by atoms with Gasteiger partial charge in [0.05, 0.1) is 11.3 Å². The van der Waals surface area contributed by atoms with Crippen molar-refractivity contribution in [1.82, 2.24) is 0 Å². The fourth-order valence-electron chi connectivity index (χ4n) is 3.72. The average Bonchev–Trinajstić information content (AvgIpc) is 3.05. The maximum Gasteiger partial charge on any atom is 0.251 e. The number of nitrogens with one attached hydrogen (secondary N) is 2. The molecular weight excluding hydrogens is 354 g/mol. The van der Waals surface area contributed by atoms with E-state index >= 15 is 0 Å². The number of amides is 1. The SMILES string of the molecule is C[C@@H](Nc1ccc2c(c1)OC1(CCCCC1)O2)C(=O)Nc1ccccc1C#N. The Bertz CT molecular complexity index is 929. The Balaban J connectivity index is 1.42. The number of nitrogens with zero attached hydrogens (tertiary/aromatic N) is 1. The van der Waals surface area contributed by atoms with Crippen molar-refractivity contribution in [1.29, 1.82) is 5.26 Å². The van der Waals surface area contributed by atoms with Crippen LogP contribution >= 0.6 is 0 Å². The number of anilines is 2. The third-order valence-electron chi connectivity index (χ3n) is 5.23. The molecule has 1 atom stereocenters. The summed E-state index contributed by atoms with van der Waals surface area (Å²) in [6.45, 7) is 1.78. The lowest BCUT2D eigenvalue weighted by atomic mass is 9.94. The predicted octanol–water partition coefficient (Wildman–Crippen LogP) is 4.43. The Kier molecular flexibility index (Phi) is 4.82. The van der Waals surface area contributed by atoms with Crippen LogP contribution in [0.2, 0.25) is 0 Å². The molecule has 1 amide bonds. The van der Waals surface area contributed by atoms with E-state index in [-0.39, 0.29) is 5.91 Å². The number of fused-ring (bicyclic) bond motifs is 1. The van der Waals surface area contributed by atoms with Gasteiger partial charge in [0.1, 0.15) is 12.1 Å². The van der Waals surface area contributed by atoms with Crippen LogP contribution in [0.15, 0.2) is 42.5 Å². The van der Waals surface area contributed by atoms with Crippen LogP contribution < -0.4 is 20.1 Å². The number of hydrogen-bond donors (Lipinski definition) is 2. The number of hydrogen-bond acceptors (Lipinski definition) is 5. The normalized spacial score (nSPS) is 17.6. The lowest BCUT2D eigenvalue weighted by Crippen LogP contribution is -2.40. The lowest BCUT2D eigenvalue weighted by Gasteiger charge is -2.31. The van der Waals surface area contributed by atoms with Crippen LogP contribution in [0.25, 0.3) is 0 Å². The molecule has 0 unspecified atom stereocenters. The van der Waals surface area contributed by atoms with E-state index in [9.17, 15) is 4.79 Å². The third-order valence-corrected chi connectivity index (χ3v) is 5.23. The van der Waals surface area contributed by atoms with Crippen molar-refractivity contribution in [2.75, 3.05) is 10.6 Å². The molecule has 2 aliphatic rings. The van der Waals surface area contributed by atoms with E-state index in [1.165, 1.54) is 6.42 Å². The molecule has 2 N–H and O–H groups in total. The number of carbonyl (C=O) groups is 1.